The minimum Gasteiger partial charge on any atom is -0.392 e. The molecule has 0 spiro atoms. The van der Waals surface area contributed by atoms with Crippen molar-refractivity contribution >= 4 is 40.4 Å². The second-order valence-electron chi connectivity index (χ2n) is 4.76. The first-order chi connectivity index (χ1) is 10.2. The van der Waals surface area contributed by atoms with Crippen molar-refractivity contribution in [3.63, 3.8) is 0 Å². The van der Waals surface area contributed by atoms with Crippen LogP contribution in [0.25, 0.3) is 23.2 Å². The molecule has 2 N–H and O–H groups in total. The predicted molar refractivity (Wildman–Crippen MR) is 91.9 cm³/mol. The minimum absolute atomic E-state index is 0.451. The van der Waals surface area contributed by atoms with Gasteiger partial charge in [-0.1, -0.05) is 60.8 Å². The Hall–Kier alpha value is -2.46. The Morgan fingerprint density at radius 2 is 1.76 bits per heavy atom. The number of aromatic nitrogens is 2. The van der Waals surface area contributed by atoms with Gasteiger partial charge in [0.2, 0.25) is 0 Å². The number of hydrogen-bond donors (Lipinski definition) is 1. The Bertz CT molecular complexity index is 803. The fourth-order valence-electron chi connectivity index (χ4n) is 2.28. The van der Waals surface area contributed by atoms with E-state index in [1.807, 2.05) is 59.2 Å². The van der Waals surface area contributed by atoms with Gasteiger partial charge >= 0.3 is 0 Å². The van der Waals surface area contributed by atoms with Crippen LogP contribution in [0, 0.1) is 0 Å². The first-order valence-corrected chi connectivity index (χ1v) is 7.11. The standard InChI is InChI=1S/C17H15N3S/c18-16(21)12-20-15-9-5-4-8-14(15)19-17(20)11-10-13-6-2-1-3-7-13/h1-11H,12H2,(H2,18,21)/b11-10+. The second-order valence-corrected chi connectivity index (χ2v) is 5.28. The maximum absolute atomic E-state index is 5.71. The number of hydrogen-bond acceptors (Lipinski definition) is 2. The molecule has 0 aliphatic carbocycles. The Balaban J connectivity index is 2.04. The van der Waals surface area contributed by atoms with Gasteiger partial charge in [-0.25, -0.2) is 4.98 Å². The molecule has 3 nitrogen and oxygen atoms in total. The highest BCUT2D eigenvalue weighted by Crippen LogP contribution is 2.18. The largest absolute Gasteiger partial charge is 0.392 e. The predicted octanol–water partition coefficient (Wildman–Crippen LogP) is 3.49. The summed E-state index contributed by atoms with van der Waals surface area (Å²) in [7, 11) is 0. The molecule has 0 saturated heterocycles. The lowest BCUT2D eigenvalue weighted by molar-refractivity contribution is 0.871. The van der Waals surface area contributed by atoms with Crippen LogP contribution in [0.4, 0.5) is 0 Å². The van der Waals surface area contributed by atoms with E-state index in [1.165, 1.54) is 0 Å². The van der Waals surface area contributed by atoms with Crippen molar-refractivity contribution in [2.75, 3.05) is 0 Å². The first kappa shape index (κ1) is 13.5. The summed E-state index contributed by atoms with van der Waals surface area (Å²) in [6.45, 7) is 0.490. The van der Waals surface area contributed by atoms with E-state index < -0.39 is 0 Å². The Morgan fingerprint density at radius 1 is 1.05 bits per heavy atom. The van der Waals surface area contributed by atoms with Crippen LogP contribution < -0.4 is 5.73 Å². The van der Waals surface area contributed by atoms with Gasteiger partial charge < -0.3 is 10.3 Å². The number of imidazole rings is 1. The zero-order valence-corrected chi connectivity index (χ0v) is 12.3. The SMILES string of the molecule is NC(=S)Cn1c(/C=C/c2ccccc2)nc2ccccc21. The molecule has 0 aliphatic rings. The van der Waals surface area contributed by atoms with Gasteiger partial charge in [0.1, 0.15) is 5.82 Å². The van der Waals surface area contributed by atoms with Gasteiger partial charge in [0.15, 0.2) is 0 Å². The summed E-state index contributed by atoms with van der Waals surface area (Å²) in [5.41, 5.74) is 8.83. The molecule has 21 heavy (non-hydrogen) atoms. The smallest absolute Gasteiger partial charge is 0.134 e. The molecule has 2 aromatic carbocycles. The molecule has 4 heteroatoms. The quantitative estimate of drug-likeness (QED) is 0.749. The highest BCUT2D eigenvalue weighted by atomic mass is 32.1. The van der Waals surface area contributed by atoms with E-state index in [9.17, 15) is 0 Å². The maximum Gasteiger partial charge on any atom is 0.134 e. The van der Waals surface area contributed by atoms with Crippen molar-refractivity contribution in [1.29, 1.82) is 0 Å². The van der Waals surface area contributed by atoms with Crippen molar-refractivity contribution in [3.8, 4) is 0 Å². The third kappa shape index (κ3) is 3.01. The van der Waals surface area contributed by atoms with E-state index in [4.69, 9.17) is 18.0 Å². The van der Waals surface area contributed by atoms with Crippen LogP contribution in [-0.2, 0) is 6.54 Å². The molecular weight excluding hydrogens is 278 g/mol. The van der Waals surface area contributed by atoms with Gasteiger partial charge in [0.05, 0.1) is 22.6 Å². The van der Waals surface area contributed by atoms with Crippen molar-refractivity contribution in [2.45, 2.75) is 6.54 Å². The van der Waals surface area contributed by atoms with E-state index in [1.54, 1.807) is 0 Å². The first-order valence-electron chi connectivity index (χ1n) is 6.71. The molecule has 0 saturated carbocycles. The number of benzene rings is 2. The van der Waals surface area contributed by atoms with Crippen LogP contribution in [0.15, 0.2) is 54.6 Å². The van der Waals surface area contributed by atoms with Crippen molar-refractivity contribution < 1.29 is 0 Å². The molecule has 0 aliphatic heterocycles. The maximum atomic E-state index is 5.71. The average molecular weight is 293 g/mol. The lowest BCUT2D eigenvalue weighted by Crippen LogP contribution is -2.17. The lowest BCUT2D eigenvalue weighted by atomic mass is 10.2. The molecule has 0 amide bonds. The van der Waals surface area contributed by atoms with Crippen LogP contribution in [0.2, 0.25) is 0 Å². The van der Waals surface area contributed by atoms with Gasteiger partial charge in [-0.2, -0.15) is 0 Å². The van der Waals surface area contributed by atoms with Crippen molar-refractivity contribution in [3.05, 3.63) is 66.0 Å². The molecule has 1 heterocycles. The van der Waals surface area contributed by atoms with Crippen LogP contribution in [0.1, 0.15) is 11.4 Å². The number of thiocarbonyl (C=S) groups is 1. The number of nitrogens with two attached hydrogens (primary N) is 1. The van der Waals surface area contributed by atoms with Gasteiger partial charge in [0, 0.05) is 0 Å². The fourth-order valence-corrected chi connectivity index (χ4v) is 2.41. The molecule has 1 aromatic heterocycles. The normalized spacial score (nSPS) is 11.2. The molecule has 0 atom stereocenters. The highest BCUT2D eigenvalue weighted by Gasteiger charge is 2.08. The summed E-state index contributed by atoms with van der Waals surface area (Å²) < 4.78 is 2.04. The summed E-state index contributed by atoms with van der Waals surface area (Å²) in [5.74, 6) is 0.854. The third-order valence-electron chi connectivity index (χ3n) is 3.22. The van der Waals surface area contributed by atoms with Crippen LogP contribution in [0.3, 0.4) is 0 Å². The third-order valence-corrected chi connectivity index (χ3v) is 3.35. The van der Waals surface area contributed by atoms with Gasteiger partial charge in [-0.05, 0) is 23.8 Å². The van der Waals surface area contributed by atoms with Crippen molar-refractivity contribution in [1.82, 2.24) is 9.55 Å². The average Bonchev–Trinajstić information content (AvgIpc) is 2.84. The highest BCUT2D eigenvalue weighted by molar-refractivity contribution is 7.80. The van der Waals surface area contributed by atoms with E-state index >= 15 is 0 Å². The summed E-state index contributed by atoms with van der Waals surface area (Å²) in [6.07, 6.45) is 4.03. The summed E-state index contributed by atoms with van der Waals surface area (Å²) in [5, 5.41) is 0. The monoisotopic (exact) mass is 293 g/mol. The number of rotatable bonds is 4. The molecular formula is C17H15N3S. The summed E-state index contributed by atoms with van der Waals surface area (Å²) in [6, 6.07) is 18.1. The van der Waals surface area contributed by atoms with Crippen LogP contribution in [0.5, 0.6) is 0 Å². The van der Waals surface area contributed by atoms with Gasteiger partial charge in [0.25, 0.3) is 0 Å². The minimum atomic E-state index is 0.451. The van der Waals surface area contributed by atoms with Gasteiger partial charge in [-0.3, -0.25) is 0 Å². The number of nitrogens with zero attached hydrogens (tertiary/aromatic N) is 2. The molecule has 3 rings (SSSR count). The zero-order chi connectivity index (χ0) is 14.7. The van der Waals surface area contributed by atoms with Crippen LogP contribution in [-0.4, -0.2) is 14.5 Å². The topological polar surface area (TPSA) is 43.8 Å². The Labute approximate surface area is 128 Å². The van der Waals surface area contributed by atoms with E-state index in [0.717, 1.165) is 22.4 Å². The molecule has 0 bridgehead atoms. The molecule has 104 valence electrons. The zero-order valence-electron chi connectivity index (χ0n) is 11.4. The Kier molecular flexibility index (Phi) is 3.79. The molecule has 0 radical (unpaired) electrons. The molecule has 0 fully saturated rings. The second kappa shape index (κ2) is 5.89. The molecule has 0 unspecified atom stereocenters. The van der Waals surface area contributed by atoms with Crippen molar-refractivity contribution in [2.24, 2.45) is 5.73 Å². The summed E-state index contributed by atoms with van der Waals surface area (Å²) in [4.78, 5) is 5.09. The number of fused-ring (bicyclic) bond motifs is 1. The van der Waals surface area contributed by atoms with Crippen LogP contribution >= 0.6 is 12.2 Å². The van der Waals surface area contributed by atoms with E-state index in [-0.39, 0.29) is 0 Å². The van der Waals surface area contributed by atoms with E-state index in [2.05, 4.69) is 17.1 Å². The van der Waals surface area contributed by atoms with E-state index in [0.29, 0.717) is 11.5 Å². The Morgan fingerprint density at radius 3 is 2.52 bits per heavy atom. The lowest BCUT2D eigenvalue weighted by Gasteiger charge is -2.05. The fraction of sp³-hybridized carbons (Fsp3) is 0.0588. The molecule has 3 aromatic rings. The number of para-hydroxylation sites is 2. The van der Waals surface area contributed by atoms with Gasteiger partial charge in [-0.15, -0.1) is 0 Å². The summed E-state index contributed by atoms with van der Waals surface area (Å²) >= 11 is 5.05.